The minimum atomic E-state index is 0.523. The summed E-state index contributed by atoms with van der Waals surface area (Å²) in [6, 6.07) is 3.75. The minimum absolute atomic E-state index is 0.523. The Morgan fingerprint density at radius 2 is 2.36 bits per heavy atom. The summed E-state index contributed by atoms with van der Waals surface area (Å²) in [5, 5.41) is 8.22. The average molecular weight is 244 g/mol. The summed E-state index contributed by atoms with van der Waals surface area (Å²) in [5.41, 5.74) is 2.86. The maximum atomic E-state index is 5.67. The predicted molar refractivity (Wildman–Crippen MR) is 58.7 cm³/mol. The molecule has 0 aromatic carbocycles. The summed E-state index contributed by atoms with van der Waals surface area (Å²) in [4.78, 5) is 4.00. The van der Waals surface area contributed by atoms with Gasteiger partial charge in [-0.05, 0) is 11.6 Å². The molecule has 0 radical (unpaired) electrons. The zero-order valence-corrected chi connectivity index (χ0v) is 9.44. The number of rotatable bonds is 3. The van der Waals surface area contributed by atoms with Crippen molar-refractivity contribution in [2.45, 2.75) is 10.1 Å². The first kappa shape index (κ1) is 9.89. The maximum Gasteiger partial charge on any atom is 0.174 e. The second kappa shape index (κ2) is 4.72. The van der Waals surface area contributed by atoms with Crippen LogP contribution in [-0.2, 0) is 5.75 Å². The molecule has 2 aromatic heterocycles. The zero-order chi connectivity index (χ0) is 9.80. The van der Waals surface area contributed by atoms with Gasteiger partial charge in [0.05, 0.1) is 0 Å². The lowest BCUT2D eigenvalue weighted by molar-refractivity contribution is 1.01. The summed E-state index contributed by atoms with van der Waals surface area (Å²) in [6.07, 6.45) is 1.77. The third-order valence-corrected chi connectivity index (χ3v) is 3.65. The lowest BCUT2D eigenvalue weighted by Gasteiger charge is -1.97. The molecule has 0 spiro atoms. The predicted octanol–water partition coefficient (Wildman–Crippen LogP) is 2.88. The summed E-state index contributed by atoms with van der Waals surface area (Å²) >= 11 is 8.86. The molecule has 2 rings (SSSR count). The van der Waals surface area contributed by atoms with E-state index in [9.17, 15) is 0 Å². The van der Waals surface area contributed by atoms with Gasteiger partial charge in [0.1, 0.15) is 10.7 Å². The van der Waals surface area contributed by atoms with Gasteiger partial charge in [0.2, 0.25) is 0 Å². The molecule has 2 aromatic rings. The number of thioether (sulfide) groups is 1. The molecule has 0 aliphatic rings. The molecule has 0 aliphatic carbocycles. The van der Waals surface area contributed by atoms with Crippen LogP contribution in [0.2, 0.25) is 5.15 Å². The van der Waals surface area contributed by atoms with Crippen molar-refractivity contribution in [3.8, 4) is 0 Å². The first-order valence-corrected chi connectivity index (χ1v) is 6.08. The van der Waals surface area contributed by atoms with E-state index in [0.29, 0.717) is 5.15 Å². The van der Waals surface area contributed by atoms with Crippen LogP contribution in [0.4, 0.5) is 0 Å². The van der Waals surface area contributed by atoms with Gasteiger partial charge in [-0.25, -0.2) is 4.98 Å². The summed E-state index contributed by atoms with van der Waals surface area (Å²) in [6.45, 7) is 0. The molecule has 6 heteroatoms. The van der Waals surface area contributed by atoms with Crippen molar-refractivity contribution < 1.29 is 0 Å². The molecule has 0 saturated carbocycles. The topological polar surface area (TPSA) is 38.7 Å². The van der Waals surface area contributed by atoms with Crippen LogP contribution in [0.5, 0.6) is 0 Å². The van der Waals surface area contributed by atoms with E-state index in [4.69, 9.17) is 11.6 Å². The standard InChI is InChI=1S/C8H6ClN3S2/c9-7-2-1-6(3-10-7)4-13-8-12-11-5-14-8/h1-3,5H,4H2. The van der Waals surface area contributed by atoms with Crippen molar-refractivity contribution in [3.05, 3.63) is 34.6 Å². The van der Waals surface area contributed by atoms with Gasteiger partial charge >= 0.3 is 0 Å². The number of halogens is 1. The Bertz CT molecular complexity index is 387. The second-order valence-electron chi connectivity index (χ2n) is 2.48. The Morgan fingerprint density at radius 1 is 1.43 bits per heavy atom. The number of aromatic nitrogens is 3. The van der Waals surface area contributed by atoms with E-state index in [2.05, 4.69) is 15.2 Å². The number of hydrogen-bond donors (Lipinski definition) is 0. The molecule has 14 heavy (non-hydrogen) atoms. The van der Waals surface area contributed by atoms with E-state index in [1.807, 2.05) is 6.07 Å². The Kier molecular flexibility index (Phi) is 3.34. The fraction of sp³-hybridized carbons (Fsp3) is 0.125. The van der Waals surface area contributed by atoms with Gasteiger partial charge in [-0.1, -0.05) is 40.8 Å². The van der Waals surface area contributed by atoms with Crippen LogP contribution in [-0.4, -0.2) is 15.2 Å². The van der Waals surface area contributed by atoms with Crippen LogP contribution < -0.4 is 0 Å². The minimum Gasteiger partial charge on any atom is -0.244 e. The van der Waals surface area contributed by atoms with Gasteiger partial charge in [0, 0.05) is 11.9 Å². The molecule has 0 atom stereocenters. The van der Waals surface area contributed by atoms with Crippen LogP contribution in [0.25, 0.3) is 0 Å². The fourth-order valence-corrected chi connectivity index (χ4v) is 2.40. The largest absolute Gasteiger partial charge is 0.244 e. The highest BCUT2D eigenvalue weighted by Crippen LogP contribution is 2.23. The quantitative estimate of drug-likeness (QED) is 0.614. The molecule has 72 valence electrons. The van der Waals surface area contributed by atoms with Gasteiger partial charge in [-0.15, -0.1) is 10.2 Å². The molecule has 0 saturated heterocycles. The third kappa shape index (κ3) is 2.67. The van der Waals surface area contributed by atoms with Crippen LogP contribution in [0.1, 0.15) is 5.56 Å². The first-order chi connectivity index (χ1) is 6.84. The Hall–Kier alpha value is -0.650. The average Bonchev–Trinajstić information content (AvgIpc) is 2.70. The smallest absolute Gasteiger partial charge is 0.174 e. The zero-order valence-electron chi connectivity index (χ0n) is 7.05. The van der Waals surface area contributed by atoms with E-state index >= 15 is 0 Å². The van der Waals surface area contributed by atoms with Crippen molar-refractivity contribution >= 4 is 34.7 Å². The number of nitrogens with zero attached hydrogens (tertiary/aromatic N) is 3. The van der Waals surface area contributed by atoms with Crippen LogP contribution >= 0.6 is 34.7 Å². The lowest BCUT2D eigenvalue weighted by atomic mass is 10.3. The number of pyridine rings is 1. The SMILES string of the molecule is Clc1ccc(CSc2nncs2)cn1. The van der Waals surface area contributed by atoms with E-state index < -0.39 is 0 Å². The van der Waals surface area contributed by atoms with Crippen molar-refractivity contribution in [3.63, 3.8) is 0 Å². The van der Waals surface area contributed by atoms with Crippen molar-refractivity contribution in [1.29, 1.82) is 0 Å². The monoisotopic (exact) mass is 243 g/mol. The molecule has 0 amide bonds. The van der Waals surface area contributed by atoms with Gasteiger partial charge in [0.25, 0.3) is 0 Å². The first-order valence-electron chi connectivity index (χ1n) is 3.84. The molecular weight excluding hydrogens is 238 g/mol. The van der Waals surface area contributed by atoms with Gasteiger partial charge < -0.3 is 0 Å². The molecule has 3 nitrogen and oxygen atoms in total. The molecule has 0 aliphatic heterocycles. The highest BCUT2D eigenvalue weighted by molar-refractivity contribution is 8.00. The molecule has 0 unspecified atom stereocenters. The van der Waals surface area contributed by atoms with E-state index in [1.165, 1.54) is 11.3 Å². The van der Waals surface area contributed by atoms with Crippen LogP contribution in [0.3, 0.4) is 0 Å². The van der Waals surface area contributed by atoms with Gasteiger partial charge in [-0.2, -0.15) is 0 Å². The van der Waals surface area contributed by atoms with Gasteiger partial charge in [-0.3, -0.25) is 0 Å². The lowest BCUT2D eigenvalue weighted by Crippen LogP contribution is -1.82. The Morgan fingerprint density at radius 3 is 3.00 bits per heavy atom. The number of hydrogen-bond acceptors (Lipinski definition) is 5. The van der Waals surface area contributed by atoms with Crippen molar-refractivity contribution in [2.24, 2.45) is 0 Å². The van der Waals surface area contributed by atoms with Gasteiger partial charge in [0.15, 0.2) is 4.34 Å². The van der Waals surface area contributed by atoms with Crippen LogP contribution in [0.15, 0.2) is 28.2 Å². The maximum absolute atomic E-state index is 5.67. The van der Waals surface area contributed by atoms with Crippen molar-refractivity contribution in [2.75, 3.05) is 0 Å². The van der Waals surface area contributed by atoms with E-state index in [1.54, 1.807) is 29.5 Å². The normalized spacial score (nSPS) is 10.4. The Balaban J connectivity index is 1.95. The van der Waals surface area contributed by atoms with Crippen LogP contribution in [0, 0.1) is 0 Å². The fourth-order valence-electron chi connectivity index (χ4n) is 0.863. The molecule has 0 bridgehead atoms. The van der Waals surface area contributed by atoms with E-state index in [0.717, 1.165) is 15.7 Å². The molecule has 2 heterocycles. The van der Waals surface area contributed by atoms with E-state index in [-0.39, 0.29) is 0 Å². The Labute approximate surface area is 94.5 Å². The summed E-state index contributed by atoms with van der Waals surface area (Å²) < 4.78 is 0.972. The molecule has 0 fully saturated rings. The second-order valence-corrected chi connectivity index (χ2v) is 4.93. The molecular formula is C8H6ClN3S2. The highest BCUT2D eigenvalue weighted by Gasteiger charge is 1.99. The third-order valence-electron chi connectivity index (χ3n) is 1.49. The summed E-state index contributed by atoms with van der Waals surface area (Å²) in [5.74, 6) is 0.847. The van der Waals surface area contributed by atoms with Crippen molar-refractivity contribution in [1.82, 2.24) is 15.2 Å². The molecule has 0 N–H and O–H groups in total. The highest BCUT2D eigenvalue weighted by atomic mass is 35.5. The summed E-state index contributed by atoms with van der Waals surface area (Å²) in [7, 11) is 0.